The maximum absolute atomic E-state index is 12.5. The molecule has 0 aliphatic carbocycles. The third-order valence-electron chi connectivity index (χ3n) is 4.34. The number of aromatic nitrogens is 1. The van der Waals surface area contributed by atoms with Crippen molar-refractivity contribution in [3.63, 3.8) is 0 Å². The fourth-order valence-electron chi connectivity index (χ4n) is 2.84. The van der Waals surface area contributed by atoms with Crippen LogP contribution in [0.3, 0.4) is 0 Å². The van der Waals surface area contributed by atoms with Crippen LogP contribution < -0.4 is 10.0 Å². The molecular formula is C21H20N4O3S2. The van der Waals surface area contributed by atoms with Gasteiger partial charge in [0.05, 0.1) is 16.7 Å². The van der Waals surface area contributed by atoms with Crippen molar-refractivity contribution in [2.24, 2.45) is 0 Å². The fraction of sp³-hybridized carbons (Fsp3) is 0.190. The van der Waals surface area contributed by atoms with Crippen molar-refractivity contribution >= 4 is 32.4 Å². The number of carbonyl (C=O) groups excluding carboxylic acids is 1. The molecule has 1 aromatic heterocycles. The van der Waals surface area contributed by atoms with E-state index in [1.165, 1.54) is 41.2 Å². The molecule has 0 bridgehead atoms. The molecule has 30 heavy (non-hydrogen) atoms. The number of hydrogen-bond donors (Lipinski definition) is 2. The van der Waals surface area contributed by atoms with Gasteiger partial charge in [0.15, 0.2) is 5.13 Å². The van der Waals surface area contributed by atoms with Gasteiger partial charge in [-0.25, -0.2) is 18.1 Å². The maximum atomic E-state index is 12.5. The minimum absolute atomic E-state index is 0.0309. The molecule has 1 heterocycles. The molecule has 2 aromatic carbocycles. The molecule has 3 aromatic rings. The lowest BCUT2D eigenvalue weighted by Crippen LogP contribution is -2.24. The van der Waals surface area contributed by atoms with E-state index in [-0.39, 0.29) is 23.8 Å². The maximum Gasteiger partial charge on any atom is 0.257 e. The Bertz CT molecular complexity index is 1210. The van der Waals surface area contributed by atoms with Crippen LogP contribution in [0.2, 0.25) is 0 Å². The van der Waals surface area contributed by atoms with Gasteiger partial charge in [0.2, 0.25) is 10.0 Å². The normalized spacial score (nSPS) is 11.1. The number of thiazole rings is 1. The summed E-state index contributed by atoms with van der Waals surface area (Å²) in [7, 11) is -3.71. The molecule has 0 saturated heterocycles. The van der Waals surface area contributed by atoms with Crippen LogP contribution in [-0.2, 0) is 10.0 Å². The third kappa shape index (κ3) is 5.10. The number of hydrogen-bond acceptors (Lipinski definition) is 6. The van der Waals surface area contributed by atoms with Gasteiger partial charge in [-0.2, -0.15) is 5.26 Å². The van der Waals surface area contributed by atoms with Crippen LogP contribution in [0.15, 0.2) is 52.7 Å². The third-order valence-corrected chi connectivity index (χ3v) is 6.57. The quantitative estimate of drug-likeness (QED) is 0.542. The Balaban J connectivity index is 1.70. The van der Waals surface area contributed by atoms with Gasteiger partial charge in [0, 0.05) is 29.5 Å². The van der Waals surface area contributed by atoms with Crippen LogP contribution in [0.4, 0.5) is 5.13 Å². The summed E-state index contributed by atoms with van der Waals surface area (Å²) in [5, 5.41) is 13.6. The minimum atomic E-state index is -3.71. The first-order valence-corrected chi connectivity index (χ1v) is 11.5. The molecule has 0 aliphatic rings. The van der Waals surface area contributed by atoms with Crippen molar-refractivity contribution in [2.45, 2.75) is 25.2 Å². The van der Waals surface area contributed by atoms with Gasteiger partial charge in [-0.15, -0.1) is 11.3 Å². The molecule has 0 fully saturated rings. The Hall–Kier alpha value is -3.06. The number of amides is 1. The highest BCUT2D eigenvalue weighted by molar-refractivity contribution is 7.89. The van der Waals surface area contributed by atoms with E-state index in [0.717, 1.165) is 16.8 Å². The van der Waals surface area contributed by atoms with Crippen LogP contribution in [-0.4, -0.2) is 25.9 Å². The average Bonchev–Trinajstić information content (AvgIpc) is 3.16. The van der Waals surface area contributed by atoms with Gasteiger partial charge < -0.3 is 0 Å². The van der Waals surface area contributed by atoms with Gasteiger partial charge in [-0.05, 0) is 43.7 Å². The molecule has 0 saturated carbocycles. The molecule has 3 rings (SSSR count). The summed E-state index contributed by atoms with van der Waals surface area (Å²) in [6.45, 7) is 4.08. The Morgan fingerprint density at radius 2 is 1.90 bits per heavy atom. The van der Waals surface area contributed by atoms with E-state index in [1.54, 1.807) is 0 Å². The van der Waals surface area contributed by atoms with Crippen LogP contribution in [0.1, 0.15) is 27.9 Å². The van der Waals surface area contributed by atoms with Crippen LogP contribution in [0, 0.1) is 25.2 Å². The van der Waals surface area contributed by atoms with Gasteiger partial charge in [0.25, 0.3) is 5.91 Å². The highest BCUT2D eigenvalue weighted by Crippen LogP contribution is 2.28. The van der Waals surface area contributed by atoms with E-state index in [0.29, 0.717) is 10.7 Å². The van der Waals surface area contributed by atoms with E-state index in [1.807, 2.05) is 37.4 Å². The molecule has 0 atom stereocenters. The molecule has 0 radical (unpaired) electrons. The van der Waals surface area contributed by atoms with E-state index in [9.17, 15) is 13.2 Å². The molecule has 2 N–H and O–H groups in total. The number of nitriles is 1. The molecule has 9 heteroatoms. The summed E-state index contributed by atoms with van der Waals surface area (Å²) >= 11 is 1.32. The molecule has 0 aliphatic heterocycles. The predicted molar refractivity (Wildman–Crippen MR) is 117 cm³/mol. The number of nitrogens with zero attached hydrogens (tertiary/aromatic N) is 2. The summed E-state index contributed by atoms with van der Waals surface area (Å²) < 4.78 is 26.6. The second kappa shape index (κ2) is 9.17. The first kappa shape index (κ1) is 21.6. The smallest absolute Gasteiger partial charge is 0.257 e. The molecule has 0 unspecified atom stereocenters. The summed E-state index contributed by atoms with van der Waals surface area (Å²) in [5.41, 5.74) is 4.40. The molecule has 7 nitrogen and oxygen atoms in total. The van der Waals surface area contributed by atoms with Crippen LogP contribution in [0.25, 0.3) is 11.3 Å². The average molecular weight is 441 g/mol. The zero-order valence-electron chi connectivity index (χ0n) is 16.5. The van der Waals surface area contributed by atoms with Gasteiger partial charge >= 0.3 is 0 Å². The Morgan fingerprint density at radius 3 is 2.57 bits per heavy atom. The zero-order valence-corrected chi connectivity index (χ0v) is 18.1. The highest BCUT2D eigenvalue weighted by atomic mass is 32.2. The van der Waals surface area contributed by atoms with Crippen molar-refractivity contribution in [3.8, 4) is 17.3 Å². The van der Waals surface area contributed by atoms with Gasteiger partial charge in [-0.3, -0.25) is 10.1 Å². The largest absolute Gasteiger partial charge is 0.298 e. The Morgan fingerprint density at radius 1 is 1.17 bits per heavy atom. The number of aryl methyl sites for hydroxylation is 2. The molecule has 0 spiro atoms. The second-order valence-electron chi connectivity index (χ2n) is 6.64. The lowest BCUT2D eigenvalue weighted by molar-refractivity contribution is 0.102. The Labute approximate surface area is 179 Å². The Kier molecular flexibility index (Phi) is 6.62. The van der Waals surface area contributed by atoms with Crippen molar-refractivity contribution in [1.29, 1.82) is 5.26 Å². The van der Waals surface area contributed by atoms with Crippen molar-refractivity contribution < 1.29 is 13.2 Å². The predicted octanol–water partition coefficient (Wildman–Crippen LogP) is 3.87. The SMILES string of the molecule is Cc1ccc(-c2csc(NC(=O)c3ccc(S(=O)(=O)NCCC#N)cc3)n2)c(C)c1. The first-order chi connectivity index (χ1) is 14.3. The number of benzene rings is 2. The lowest BCUT2D eigenvalue weighted by atomic mass is 10.0. The highest BCUT2D eigenvalue weighted by Gasteiger charge is 2.15. The van der Waals surface area contributed by atoms with Crippen LogP contribution >= 0.6 is 11.3 Å². The molecular weight excluding hydrogens is 420 g/mol. The molecule has 154 valence electrons. The van der Waals surface area contributed by atoms with E-state index >= 15 is 0 Å². The zero-order chi connectivity index (χ0) is 21.7. The number of sulfonamides is 1. The number of anilines is 1. The lowest BCUT2D eigenvalue weighted by Gasteiger charge is -2.06. The summed E-state index contributed by atoms with van der Waals surface area (Å²) in [5.74, 6) is -0.377. The van der Waals surface area contributed by atoms with E-state index < -0.39 is 10.0 Å². The van der Waals surface area contributed by atoms with Gasteiger partial charge in [0.1, 0.15) is 0 Å². The summed E-state index contributed by atoms with van der Waals surface area (Å²) in [6.07, 6.45) is 0.0810. The standard InChI is InChI=1S/C21H20N4O3S2/c1-14-4-9-18(15(2)12-14)19-13-29-21(24-19)25-20(26)16-5-7-17(8-6-16)30(27,28)23-11-3-10-22/h4-9,12-13,23H,3,11H2,1-2H3,(H,24,25,26). The first-order valence-electron chi connectivity index (χ1n) is 9.11. The van der Waals surface area contributed by atoms with E-state index in [4.69, 9.17) is 5.26 Å². The van der Waals surface area contributed by atoms with Crippen molar-refractivity contribution in [2.75, 3.05) is 11.9 Å². The number of nitrogens with one attached hydrogen (secondary N) is 2. The summed E-state index contributed by atoms with van der Waals surface area (Å²) in [6, 6.07) is 13.6. The minimum Gasteiger partial charge on any atom is -0.298 e. The van der Waals surface area contributed by atoms with Crippen molar-refractivity contribution in [3.05, 3.63) is 64.5 Å². The monoisotopic (exact) mass is 440 g/mol. The number of carbonyl (C=O) groups is 1. The van der Waals surface area contributed by atoms with Crippen LogP contribution in [0.5, 0.6) is 0 Å². The van der Waals surface area contributed by atoms with Crippen molar-refractivity contribution in [1.82, 2.24) is 9.71 Å². The second-order valence-corrected chi connectivity index (χ2v) is 9.27. The molecule has 1 amide bonds. The van der Waals surface area contributed by atoms with E-state index in [2.05, 4.69) is 21.1 Å². The number of rotatable bonds is 7. The summed E-state index contributed by atoms with van der Waals surface area (Å²) in [4.78, 5) is 17.0. The fourth-order valence-corrected chi connectivity index (χ4v) is 4.57. The van der Waals surface area contributed by atoms with Gasteiger partial charge in [-0.1, -0.05) is 23.8 Å². The topological polar surface area (TPSA) is 112 Å².